The monoisotopic (exact) mass is 1010 g/mol. The van der Waals surface area contributed by atoms with Gasteiger partial charge in [0.05, 0.1) is 0 Å². The second-order valence-electron chi connectivity index (χ2n) is 19.3. The fourth-order valence-electron chi connectivity index (χ4n) is 10.5. The molecule has 11 nitrogen and oxygen atoms in total. The first-order valence-electron chi connectivity index (χ1n) is 25.8. The smallest absolute Gasteiger partial charge is 0.407 e. The lowest BCUT2D eigenvalue weighted by Gasteiger charge is -2.27. The van der Waals surface area contributed by atoms with Crippen molar-refractivity contribution in [3.8, 4) is 22.3 Å². The molecular formula is C65H58N4O7. The van der Waals surface area contributed by atoms with Gasteiger partial charge in [-0.2, -0.15) is 0 Å². The fourth-order valence-corrected chi connectivity index (χ4v) is 10.5. The molecule has 0 aliphatic heterocycles. The highest BCUT2D eigenvalue weighted by atomic mass is 16.5. The van der Waals surface area contributed by atoms with Gasteiger partial charge in [0.2, 0.25) is 17.7 Å². The van der Waals surface area contributed by atoms with Gasteiger partial charge >= 0.3 is 12.1 Å². The van der Waals surface area contributed by atoms with Gasteiger partial charge in [-0.15, -0.1) is 0 Å². The quantitative estimate of drug-likeness (QED) is 0.0555. The molecule has 0 spiro atoms. The summed E-state index contributed by atoms with van der Waals surface area (Å²) in [6, 6.07) is 64.6. The summed E-state index contributed by atoms with van der Waals surface area (Å²) in [5, 5.41) is 11.7. The summed E-state index contributed by atoms with van der Waals surface area (Å²) in [6.07, 6.45) is -0.455. The Morgan fingerprint density at radius 3 is 0.921 bits per heavy atom. The number of fused-ring (bicyclic) bond motifs is 6. The van der Waals surface area contributed by atoms with Crippen molar-refractivity contribution in [1.82, 2.24) is 21.3 Å². The Labute approximate surface area is 442 Å². The predicted molar refractivity (Wildman–Crippen MR) is 293 cm³/mol. The van der Waals surface area contributed by atoms with E-state index in [0.29, 0.717) is 0 Å². The maximum atomic E-state index is 14.9. The van der Waals surface area contributed by atoms with Gasteiger partial charge in [-0.05, 0) is 66.8 Å². The minimum absolute atomic E-state index is 0.0386. The van der Waals surface area contributed by atoms with E-state index in [2.05, 4.69) is 45.5 Å². The number of carbonyl (C=O) groups is 5. The number of hydrogen-bond donors (Lipinski definition) is 4. The fraction of sp³-hybridized carbons (Fsp3) is 0.185. The van der Waals surface area contributed by atoms with Crippen molar-refractivity contribution in [2.75, 3.05) is 13.2 Å². The van der Waals surface area contributed by atoms with Crippen LogP contribution in [0.5, 0.6) is 0 Å². The van der Waals surface area contributed by atoms with Gasteiger partial charge in [-0.25, -0.2) is 9.59 Å². The van der Waals surface area contributed by atoms with Crippen LogP contribution in [0.2, 0.25) is 0 Å². The first-order chi connectivity index (χ1) is 37.3. The molecule has 8 aromatic rings. The van der Waals surface area contributed by atoms with E-state index in [1.165, 1.54) is 0 Å². The number of benzene rings is 8. The first-order valence-corrected chi connectivity index (χ1v) is 25.8. The van der Waals surface area contributed by atoms with Crippen LogP contribution in [0.4, 0.5) is 4.79 Å². The summed E-state index contributed by atoms with van der Waals surface area (Å²) in [6.45, 7) is 0.0947. The number of rotatable bonds is 20. The highest BCUT2D eigenvalue weighted by Crippen LogP contribution is 2.45. The molecule has 0 unspecified atom stereocenters. The summed E-state index contributed by atoms with van der Waals surface area (Å²) >= 11 is 0. The Bertz CT molecular complexity index is 3230. The van der Waals surface area contributed by atoms with Crippen LogP contribution in [0.3, 0.4) is 0 Å². The average Bonchev–Trinajstić information content (AvgIpc) is 4.03. The maximum Gasteiger partial charge on any atom is 0.407 e. The second-order valence-corrected chi connectivity index (χ2v) is 19.3. The number of amides is 4. The van der Waals surface area contributed by atoms with Gasteiger partial charge in [0.15, 0.2) is 0 Å². The molecule has 0 aromatic heterocycles. The Hall–Kier alpha value is -9.09. The largest absolute Gasteiger partial charge is 0.463 e. The molecule has 0 bridgehead atoms. The lowest BCUT2D eigenvalue weighted by Crippen LogP contribution is -2.59. The van der Waals surface area contributed by atoms with E-state index < -0.39 is 54.0 Å². The zero-order chi connectivity index (χ0) is 52.2. The molecule has 10 rings (SSSR count). The molecule has 11 heteroatoms. The maximum absolute atomic E-state index is 14.9. The van der Waals surface area contributed by atoms with Crippen molar-refractivity contribution in [3.63, 3.8) is 0 Å². The Balaban J connectivity index is 0.880. The van der Waals surface area contributed by atoms with Crippen LogP contribution in [0, 0.1) is 0 Å². The molecule has 0 radical (unpaired) electrons. The molecule has 0 saturated heterocycles. The van der Waals surface area contributed by atoms with E-state index in [9.17, 15) is 24.0 Å². The highest BCUT2D eigenvalue weighted by molar-refractivity contribution is 5.95. The molecule has 0 heterocycles. The summed E-state index contributed by atoms with van der Waals surface area (Å²) in [5.41, 5.74) is 11.6. The van der Waals surface area contributed by atoms with Crippen LogP contribution in [0.25, 0.3) is 22.3 Å². The minimum Gasteiger partial charge on any atom is -0.463 e. The molecule has 0 fully saturated rings. The summed E-state index contributed by atoms with van der Waals surface area (Å²) in [4.78, 5) is 72.6. The molecule has 4 N–H and O–H groups in total. The Kier molecular flexibility index (Phi) is 15.8. The molecule has 0 saturated carbocycles. The van der Waals surface area contributed by atoms with Gasteiger partial charge in [0.1, 0.15) is 37.4 Å². The SMILES string of the molecule is O=C(N[C@@H](Cc1ccccc1)C(=O)N[C@@H](Cc1ccccc1)C(=O)N[C@@H](Cc1ccccc1)C(=O)N[C@@H](Cc1ccccc1)C(=O)OCC1c2ccccc2-c2ccccc21)OCC1c2ccccc2-c2ccccc21. The summed E-state index contributed by atoms with van der Waals surface area (Å²) in [5.74, 6) is -2.91. The Morgan fingerprint density at radius 2 is 0.579 bits per heavy atom. The van der Waals surface area contributed by atoms with Gasteiger partial charge in [-0.1, -0.05) is 218 Å². The van der Waals surface area contributed by atoms with Crippen LogP contribution >= 0.6 is 0 Å². The lowest BCUT2D eigenvalue weighted by molar-refractivity contribution is -0.148. The van der Waals surface area contributed by atoms with Crippen LogP contribution in [-0.4, -0.2) is 67.2 Å². The third kappa shape index (κ3) is 12.0. The number of alkyl carbamates (subject to hydrolysis) is 1. The van der Waals surface area contributed by atoms with Crippen molar-refractivity contribution < 1.29 is 33.4 Å². The zero-order valence-corrected chi connectivity index (χ0v) is 41.8. The topological polar surface area (TPSA) is 152 Å². The normalized spacial score (nSPS) is 13.8. The number of hydrogen-bond acceptors (Lipinski definition) is 7. The van der Waals surface area contributed by atoms with E-state index in [0.717, 1.165) is 66.8 Å². The first kappa shape index (κ1) is 50.4. The van der Waals surface area contributed by atoms with Crippen LogP contribution in [0.1, 0.15) is 56.3 Å². The van der Waals surface area contributed by atoms with E-state index in [1.54, 1.807) is 0 Å². The molecule has 4 atom stereocenters. The standard InChI is InChI=1S/C65H58N4O7/c70-61(57(37-43-21-5-1-6-22-43)67-63(72)59(39-45-25-9-3-10-26-45)69-65(74)76-42-56-53-35-19-15-31-49(53)50-32-16-20-36-54(50)56)66-58(38-44-23-7-2-8-24-44)62(71)68-60(40-46-27-11-4-12-28-46)64(73)75-41-55-51-33-17-13-29-47(51)48-30-14-18-34-52(48)55/h1-36,55-60H,37-42H2,(H,66,70)(H,67,72)(H,68,71)(H,69,74)/t57-,58-,59-,60-/m0/s1. The van der Waals surface area contributed by atoms with Crippen molar-refractivity contribution in [2.45, 2.75) is 61.7 Å². The van der Waals surface area contributed by atoms with E-state index >= 15 is 0 Å². The van der Waals surface area contributed by atoms with Gasteiger partial charge in [0, 0.05) is 37.5 Å². The third-order valence-electron chi connectivity index (χ3n) is 14.3. The molecule has 4 amide bonds. The molecule has 380 valence electrons. The predicted octanol–water partition coefficient (Wildman–Crippen LogP) is 9.67. The van der Waals surface area contributed by atoms with Gasteiger partial charge in [0.25, 0.3) is 0 Å². The van der Waals surface area contributed by atoms with E-state index in [-0.39, 0.29) is 50.7 Å². The van der Waals surface area contributed by atoms with E-state index in [4.69, 9.17) is 9.47 Å². The Morgan fingerprint density at radius 1 is 0.316 bits per heavy atom. The van der Waals surface area contributed by atoms with Crippen molar-refractivity contribution >= 4 is 29.8 Å². The summed E-state index contributed by atoms with van der Waals surface area (Å²) < 4.78 is 12.0. The number of ether oxygens (including phenoxy) is 2. The molecule has 2 aliphatic carbocycles. The van der Waals surface area contributed by atoms with Crippen molar-refractivity contribution in [2.24, 2.45) is 0 Å². The van der Waals surface area contributed by atoms with E-state index in [1.807, 2.05) is 194 Å². The molecule has 76 heavy (non-hydrogen) atoms. The lowest BCUT2D eigenvalue weighted by atomic mass is 9.98. The molecule has 8 aromatic carbocycles. The van der Waals surface area contributed by atoms with Crippen LogP contribution < -0.4 is 21.3 Å². The summed E-state index contributed by atoms with van der Waals surface area (Å²) in [7, 11) is 0. The van der Waals surface area contributed by atoms with Gasteiger partial charge < -0.3 is 30.7 Å². The van der Waals surface area contributed by atoms with Crippen LogP contribution in [-0.2, 0) is 54.3 Å². The average molecular weight is 1010 g/mol. The number of esters is 1. The molecule has 2 aliphatic rings. The van der Waals surface area contributed by atoms with Crippen molar-refractivity contribution in [3.05, 3.63) is 263 Å². The number of nitrogens with one attached hydrogen (secondary N) is 4. The zero-order valence-electron chi connectivity index (χ0n) is 41.8. The van der Waals surface area contributed by atoms with Gasteiger partial charge in [-0.3, -0.25) is 14.4 Å². The number of carbonyl (C=O) groups excluding carboxylic acids is 5. The van der Waals surface area contributed by atoms with Crippen LogP contribution in [0.15, 0.2) is 218 Å². The van der Waals surface area contributed by atoms with Crippen molar-refractivity contribution in [1.29, 1.82) is 0 Å². The minimum atomic E-state index is -1.22. The third-order valence-corrected chi connectivity index (χ3v) is 14.3. The highest BCUT2D eigenvalue weighted by Gasteiger charge is 2.35. The molecular weight excluding hydrogens is 949 g/mol. The second kappa shape index (κ2) is 23.8.